The molecule has 1 aromatic carbocycles. The van der Waals surface area contributed by atoms with Gasteiger partial charge in [0, 0.05) is 12.1 Å². The average Bonchev–Trinajstić information content (AvgIpc) is 2.84. The summed E-state index contributed by atoms with van der Waals surface area (Å²) in [6.07, 6.45) is 2.50. The van der Waals surface area contributed by atoms with Gasteiger partial charge in [-0.05, 0) is 30.9 Å². The zero-order chi connectivity index (χ0) is 8.39. The summed E-state index contributed by atoms with van der Waals surface area (Å²) in [6.45, 7) is 0.726. The third-order valence-electron chi connectivity index (χ3n) is 1.92. The normalized spacial score (nSPS) is 16.1. The Hall–Kier alpha value is -1.05. The summed E-state index contributed by atoms with van der Waals surface area (Å²) in [7, 11) is 0. The molecule has 1 aromatic rings. The molecule has 0 amide bonds. The number of benzene rings is 1. The van der Waals surface area contributed by atoms with E-state index in [9.17, 15) is 4.39 Å². The molecule has 0 unspecified atom stereocenters. The number of ether oxygens (including phenoxy) is 1. The van der Waals surface area contributed by atoms with E-state index in [4.69, 9.17) is 4.74 Å². The van der Waals surface area contributed by atoms with E-state index in [1.165, 1.54) is 25.0 Å². The van der Waals surface area contributed by atoms with Gasteiger partial charge in [0.05, 0.1) is 6.61 Å². The second kappa shape index (κ2) is 3.13. The van der Waals surface area contributed by atoms with E-state index < -0.39 is 0 Å². The van der Waals surface area contributed by atoms with Gasteiger partial charge in [-0.1, -0.05) is 0 Å². The minimum Gasteiger partial charge on any atom is -0.493 e. The Labute approximate surface area is 71.2 Å². The molecule has 0 atom stereocenters. The lowest BCUT2D eigenvalue weighted by Crippen LogP contribution is -1.98. The summed E-state index contributed by atoms with van der Waals surface area (Å²) in [5, 5.41) is 0. The highest BCUT2D eigenvalue weighted by Crippen LogP contribution is 2.29. The first kappa shape index (κ1) is 7.59. The maximum Gasteiger partial charge on any atom is 0.134 e. The molecule has 2 heteroatoms. The summed E-state index contributed by atoms with van der Waals surface area (Å²) >= 11 is 0. The number of hydrogen-bond donors (Lipinski definition) is 0. The van der Waals surface area contributed by atoms with Gasteiger partial charge >= 0.3 is 0 Å². The van der Waals surface area contributed by atoms with Crippen molar-refractivity contribution >= 4 is 0 Å². The standard InChI is InChI=1S/C10H10FO/c11-9-2-1-3-10(6-9)12-7-8-4-5-8/h1,3,6,8H,4-5,7H2. The highest BCUT2D eigenvalue weighted by atomic mass is 19.1. The van der Waals surface area contributed by atoms with Crippen LogP contribution in [0.1, 0.15) is 12.8 Å². The predicted molar refractivity (Wildman–Crippen MR) is 43.5 cm³/mol. The molecule has 2 rings (SSSR count). The topological polar surface area (TPSA) is 9.23 Å². The SMILES string of the molecule is Fc1[c]ccc(OCC2CC2)c1. The van der Waals surface area contributed by atoms with Crippen LogP contribution in [0.5, 0.6) is 5.75 Å². The number of halogens is 1. The van der Waals surface area contributed by atoms with Crippen LogP contribution in [0.2, 0.25) is 0 Å². The van der Waals surface area contributed by atoms with Crippen LogP contribution in [0, 0.1) is 17.8 Å². The van der Waals surface area contributed by atoms with Crippen molar-refractivity contribution in [2.45, 2.75) is 12.8 Å². The Morgan fingerprint density at radius 1 is 1.58 bits per heavy atom. The maximum atomic E-state index is 12.6. The Bertz CT molecular complexity index is 268. The molecule has 0 N–H and O–H groups in total. The second-order valence-corrected chi connectivity index (χ2v) is 3.13. The Morgan fingerprint density at radius 2 is 2.42 bits per heavy atom. The lowest BCUT2D eigenvalue weighted by molar-refractivity contribution is 0.298. The molecule has 0 bridgehead atoms. The van der Waals surface area contributed by atoms with E-state index in [-0.39, 0.29) is 5.82 Å². The molecule has 1 aliphatic carbocycles. The zero-order valence-electron chi connectivity index (χ0n) is 6.72. The first-order valence-corrected chi connectivity index (χ1v) is 4.14. The summed E-state index contributed by atoms with van der Waals surface area (Å²) in [4.78, 5) is 0. The summed E-state index contributed by atoms with van der Waals surface area (Å²) in [5.74, 6) is 0.957. The highest BCUT2D eigenvalue weighted by molar-refractivity contribution is 5.21. The van der Waals surface area contributed by atoms with Crippen molar-refractivity contribution in [2.24, 2.45) is 5.92 Å². The van der Waals surface area contributed by atoms with Crippen molar-refractivity contribution in [1.82, 2.24) is 0 Å². The Morgan fingerprint density at radius 3 is 3.08 bits per heavy atom. The quantitative estimate of drug-likeness (QED) is 0.668. The lowest BCUT2D eigenvalue weighted by atomic mass is 10.3. The largest absolute Gasteiger partial charge is 0.493 e. The monoisotopic (exact) mass is 165 g/mol. The van der Waals surface area contributed by atoms with Gasteiger partial charge in [0.1, 0.15) is 11.6 Å². The smallest absolute Gasteiger partial charge is 0.134 e. The van der Waals surface area contributed by atoms with Gasteiger partial charge in [0.2, 0.25) is 0 Å². The van der Waals surface area contributed by atoms with Gasteiger partial charge in [0.25, 0.3) is 0 Å². The molecule has 0 heterocycles. The van der Waals surface area contributed by atoms with Crippen LogP contribution in [0.4, 0.5) is 4.39 Å². The number of hydrogen-bond acceptors (Lipinski definition) is 1. The Balaban J connectivity index is 1.92. The van der Waals surface area contributed by atoms with Crippen molar-refractivity contribution < 1.29 is 9.13 Å². The van der Waals surface area contributed by atoms with Crippen molar-refractivity contribution in [3.05, 3.63) is 30.1 Å². The van der Waals surface area contributed by atoms with Crippen LogP contribution in [0.25, 0.3) is 0 Å². The minimum absolute atomic E-state index is 0.358. The second-order valence-electron chi connectivity index (χ2n) is 3.13. The summed E-state index contributed by atoms with van der Waals surface area (Å²) in [5.41, 5.74) is 0. The molecule has 0 aliphatic heterocycles. The number of rotatable bonds is 3. The fourth-order valence-electron chi connectivity index (χ4n) is 1.01. The predicted octanol–water partition coefficient (Wildman–Crippen LogP) is 2.41. The molecule has 0 saturated heterocycles. The van der Waals surface area contributed by atoms with Gasteiger partial charge in [-0.15, -0.1) is 0 Å². The summed E-state index contributed by atoms with van der Waals surface area (Å²) in [6, 6.07) is 7.06. The average molecular weight is 165 g/mol. The van der Waals surface area contributed by atoms with Crippen molar-refractivity contribution in [2.75, 3.05) is 6.61 Å². The molecule has 0 spiro atoms. The minimum atomic E-state index is -0.358. The molecular weight excluding hydrogens is 155 g/mol. The molecule has 0 aromatic heterocycles. The first-order chi connectivity index (χ1) is 5.84. The molecule has 1 fully saturated rings. The van der Waals surface area contributed by atoms with Gasteiger partial charge in [0.15, 0.2) is 0 Å². The van der Waals surface area contributed by atoms with Gasteiger partial charge in [-0.25, -0.2) is 4.39 Å². The Kier molecular flexibility index (Phi) is 1.98. The molecular formula is C10H10FO. The zero-order valence-corrected chi connectivity index (χ0v) is 6.72. The highest BCUT2D eigenvalue weighted by Gasteiger charge is 2.21. The van der Waals surface area contributed by atoms with Crippen LogP contribution < -0.4 is 4.74 Å². The van der Waals surface area contributed by atoms with Gasteiger partial charge in [-0.2, -0.15) is 0 Å². The third-order valence-corrected chi connectivity index (χ3v) is 1.92. The van der Waals surface area contributed by atoms with E-state index in [0.29, 0.717) is 11.7 Å². The van der Waals surface area contributed by atoms with Gasteiger partial charge in [-0.3, -0.25) is 0 Å². The van der Waals surface area contributed by atoms with Crippen molar-refractivity contribution in [1.29, 1.82) is 0 Å². The van der Waals surface area contributed by atoms with E-state index in [0.717, 1.165) is 6.61 Å². The molecule has 1 aliphatic rings. The first-order valence-electron chi connectivity index (χ1n) is 4.14. The van der Waals surface area contributed by atoms with Crippen LogP contribution in [0.3, 0.4) is 0 Å². The van der Waals surface area contributed by atoms with Crippen molar-refractivity contribution in [3.63, 3.8) is 0 Å². The van der Waals surface area contributed by atoms with Crippen LogP contribution in [-0.2, 0) is 0 Å². The molecule has 12 heavy (non-hydrogen) atoms. The van der Waals surface area contributed by atoms with Crippen LogP contribution in [0.15, 0.2) is 18.2 Å². The van der Waals surface area contributed by atoms with E-state index in [1.807, 2.05) is 0 Å². The fraction of sp³-hybridized carbons (Fsp3) is 0.400. The fourth-order valence-corrected chi connectivity index (χ4v) is 1.01. The van der Waals surface area contributed by atoms with Crippen LogP contribution >= 0.6 is 0 Å². The van der Waals surface area contributed by atoms with E-state index in [1.54, 1.807) is 6.07 Å². The lowest BCUT2D eigenvalue weighted by Gasteiger charge is -2.03. The molecule has 1 nitrogen and oxygen atoms in total. The summed E-state index contributed by atoms with van der Waals surface area (Å²) < 4.78 is 17.9. The third kappa shape index (κ3) is 1.97. The van der Waals surface area contributed by atoms with Crippen molar-refractivity contribution in [3.8, 4) is 5.75 Å². The van der Waals surface area contributed by atoms with Crippen LogP contribution in [-0.4, -0.2) is 6.61 Å². The van der Waals surface area contributed by atoms with E-state index >= 15 is 0 Å². The molecule has 1 radical (unpaired) electrons. The van der Waals surface area contributed by atoms with Gasteiger partial charge < -0.3 is 4.74 Å². The molecule has 1 saturated carbocycles. The maximum absolute atomic E-state index is 12.6. The molecule has 63 valence electrons. The van der Waals surface area contributed by atoms with E-state index in [2.05, 4.69) is 6.07 Å².